The molecule has 6 nitrogen and oxygen atoms in total. The molecular formula is C17H21F3N2O4. The Morgan fingerprint density at radius 1 is 1.00 bits per heavy atom. The highest BCUT2D eigenvalue weighted by Gasteiger charge is 2.27. The van der Waals surface area contributed by atoms with Crippen LogP contribution in [0.15, 0.2) is 24.3 Å². The van der Waals surface area contributed by atoms with Gasteiger partial charge in [-0.25, -0.2) is 0 Å². The minimum Gasteiger partial charge on any atom is -0.454 e. The van der Waals surface area contributed by atoms with Crippen LogP contribution < -0.4 is 10.6 Å². The number of nitrogens with one attached hydrogen (secondary N) is 2. The lowest BCUT2D eigenvalue weighted by molar-refractivity contribution is -0.150. The highest BCUT2D eigenvalue weighted by Crippen LogP contribution is 2.22. The van der Waals surface area contributed by atoms with Gasteiger partial charge in [-0.3, -0.25) is 14.4 Å². The van der Waals surface area contributed by atoms with Gasteiger partial charge in [0, 0.05) is 5.56 Å². The Balaban J connectivity index is 2.38. The van der Waals surface area contributed by atoms with Gasteiger partial charge < -0.3 is 15.4 Å². The number of alkyl halides is 3. The topological polar surface area (TPSA) is 84.5 Å². The Labute approximate surface area is 149 Å². The Morgan fingerprint density at radius 2 is 1.58 bits per heavy atom. The molecular weight excluding hydrogens is 353 g/mol. The number of benzene rings is 1. The molecule has 2 N–H and O–H groups in total. The van der Waals surface area contributed by atoms with E-state index in [1.165, 1.54) is 0 Å². The van der Waals surface area contributed by atoms with Crippen molar-refractivity contribution in [1.29, 1.82) is 0 Å². The first-order chi connectivity index (χ1) is 11.9. The molecule has 0 aliphatic rings. The highest BCUT2D eigenvalue weighted by molar-refractivity contribution is 5.96. The quantitative estimate of drug-likeness (QED) is 0.746. The third-order valence-electron chi connectivity index (χ3n) is 3.26. The first-order valence-corrected chi connectivity index (χ1v) is 7.76. The number of halogens is 3. The number of hydrogen-bond donors (Lipinski definition) is 2. The van der Waals surface area contributed by atoms with Crippen molar-refractivity contribution in [2.24, 2.45) is 0 Å². The molecule has 0 saturated heterocycles. The van der Waals surface area contributed by atoms with Crippen molar-refractivity contribution in [2.45, 2.75) is 32.4 Å². The Bertz CT molecular complexity index is 649. The summed E-state index contributed by atoms with van der Waals surface area (Å²) in [4.78, 5) is 34.5. The maximum Gasteiger partial charge on any atom is 0.405 e. The summed E-state index contributed by atoms with van der Waals surface area (Å²) < 4.78 is 40.2. The van der Waals surface area contributed by atoms with E-state index in [1.54, 1.807) is 29.6 Å². The van der Waals surface area contributed by atoms with Gasteiger partial charge in [0.15, 0.2) is 6.61 Å². The smallest absolute Gasteiger partial charge is 0.405 e. The zero-order chi connectivity index (χ0) is 20.0. The van der Waals surface area contributed by atoms with Gasteiger partial charge in [-0.05, 0) is 23.1 Å². The summed E-state index contributed by atoms with van der Waals surface area (Å²) in [6.07, 6.45) is -4.55. The zero-order valence-electron chi connectivity index (χ0n) is 14.7. The normalized spacial score (nSPS) is 11.6. The standard InChI is InChI=1S/C17H21F3N2O4/c1-16(2,3)12-6-4-11(5-7-12)15(25)21-8-14(24)26-9-13(23)22-10-17(18,19)20/h4-7H,8-10H2,1-3H3,(H,21,25)(H,22,23). The number of rotatable bonds is 6. The number of carbonyl (C=O) groups excluding carboxylic acids is 3. The summed E-state index contributed by atoms with van der Waals surface area (Å²) in [6.45, 7) is 3.22. The van der Waals surface area contributed by atoms with Gasteiger partial charge >= 0.3 is 12.1 Å². The third kappa shape index (κ3) is 8.00. The molecule has 0 aromatic heterocycles. The summed E-state index contributed by atoms with van der Waals surface area (Å²) in [5, 5.41) is 3.87. The van der Waals surface area contributed by atoms with E-state index in [9.17, 15) is 27.6 Å². The fourth-order valence-electron chi connectivity index (χ4n) is 1.82. The average Bonchev–Trinajstić information content (AvgIpc) is 2.54. The molecule has 1 aromatic rings. The number of hydrogen-bond acceptors (Lipinski definition) is 4. The number of ether oxygens (including phenoxy) is 1. The molecule has 0 heterocycles. The van der Waals surface area contributed by atoms with Gasteiger partial charge in [-0.2, -0.15) is 13.2 Å². The van der Waals surface area contributed by atoms with Crippen LogP contribution in [-0.2, 0) is 19.7 Å². The molecule has 0 atom stereocenters. The molecule has 0 bridgehead atoms. The molecule has 26 heavy (non-hydrogen) atoms. The van der Waals surface area contributed by atoms with Crippen LogP contribution in [0.25, 0.3) is 0 Å². The van der Waals surface area contributed by atoms with Crippen LogP contribution in [-0.4, -0.2) is 43.7 Å². The van der Waals surface area contributed by atoms with E-state index in [-0.39, 0.29) is 5.41 Å². The highest BCUT2D eigenvalue weighted by atomic mass is 19.4. The van der Waals surface area contributed by atoms with Crippen molar-refractivity contribution >= 4 is 17.8 Å². The average molecular weight is 374 g/mol. The number of carbonyl (C=O) groups is 3. The van der Waals surface area contributed by atoms with Crippen LogP contribution in [0.5, 0.6) is 0 Å². The second-order valence-corrected chi connectivity index (χ2v) is 6.56. The molecule has 9 heteroatoms. The van der Waals surface area contributed by atoms with Crippen LogP contribution in [0.1, 0.15) is 36.7 Å². The Hall–Kier alpha value is -2.58. The van der Waals surface area contributed by atoms with Crippen molar-refractivity contribution in [1.82, 2.24) is 10.6 Å². The lowest BCUT2D eigenvalue weighted by Crippen LogP contribution is -2.37. The monoisotopic (exact) mass is 374 g/mol. The van der Waals surface area contributed by atoms with Crippen LogP contribution in [0.4, 0.5) is 13.2 Å². The third-order valence-corrected chi connectivity index (χ3v) is 3.26. The molecule has 0 radical (unpaired) electrons. The molecule has 1 rings (SSSR count). The van der Waals surface area contributed by atoms with Crippen LogP contribution in [0.3, 0.4) is 0 Å². The predicted molar refractivity (Wildman–Crippen MR) is 87.5 cm³/mol. The number of amides is 2. The van der Waals surface area contributed by atoms with E-state index in [0.29, 0.717) is 5.56 Å². The molecule has 144 valence electrons. The van der Waals surface area contributed by atoms with Gasteiger partial charge in [-0.1, -0.05) is 32.9 Å². The van der Waals surface area contributed by atoms with Gasteiger partial charge in [0.2, 0.25) is 0 Å². The fraction of sp³-hybridized carbons (Fsp3) is 0.471. The van der Waals surface area contributed by atoms with Crippen LogP contribution in [0, 0.1) is 0 Å². The first kappa shape index (κ1) is 21.5. The molecule has 1 aromatic carbocycles. The van der Waals surface area contributed by atoms with Crippen LogP contribution in [0.2, 0.25) is 0 Å². The molecule has 0 aliphatic carbocycles. The van der Waals surface area contributed by atoms with Crippen LogP contribution >= 0.6 is 0 Å². The first-order valence-electron chi connectivity index (χ1n) is 7.76. The van der Waals surface area contributed by atoms with Gasteiger partial charge in [0.25, 0.3) is 11.8 Å². The fourth-order valence-corrected chi connectivity index (χ4v) is 1.82. The minimum atomic E-state index is -4.55. The van der Waals surface area contributed by atoms with Gasteiger partial charge in [-0.15, -0.1) is 0 Å². The van der Waals surface area contributed by atoms with E-state index in [0.717, 1.165) is 5.56 Å². The van der Waals surface area contributed by atoms with Gasteiger partial charge in [0.05, 0.1) is 0 Å². The summed E-state index contributed by atoms with van der Waals surface area (Å²) >= 11 is 0. The number of esters is 1. The van der Waals surface area contributed by atoms with E-state index in [1.807, 2.05) is 20.8 Å². The van der Waals surface area contributed by atoms with Crippen molar-refractivity contribution in [3.63, 3.8) is 0 Å². The molecule has 0 spiro atoms. The zero-order valence-corrected chi connectivity index (χ0v) is 14.7. The van der Waals surface area contributed by atoms with Crippen molar-refractivity contribution in [3.05, 3.63) is 35.4 Å². The summed E-state index contributed by atoms with van der Waals surface area (Å²) in [5.74, 6) is -2.53. The molecule has 0 saturated carbocycles. The maximum absolute atomic E-state index is 11.9. The SMILES string of the molecule is CC(C)(C)c1ccc(C(=O)NCC(=O)OCC(=O)NCC(F)(F)F)cc1. The van der Waals surface area contributed by atoms with E-state index in [4.69, 9.17) is 0 Å². The van der Waals surface area contributed by atoms with Crippen molar-refractivity contribution in [2.75, 3.05) is 19.7 Å². The predicted octanol–water partition coefficient (Wildman–Crippen LogP) is 1.94. The van der Waals surface area contributed by atoms with Crippen molar-refractivity contribution < 1.29 is 32.3 Å². The summed E-state index contributed by atoms with van der Waals surface area (Å²) in [6, 6.07) is 6.84. The Kier molecular flexibility index (Phi) is 7.17. The van der Waals surface area contributed by atoms with E-state index in [2.05, 4.69) is 10.1 Å². The maximum atomic E-state index is 11.9. The minimum absolute atomic E-state index is 0.0640. The summed E-state index contributed by atoms with van der Waals surface area (Å²) in [5.41, 5.74) is 1.32. The molecule has 2 amide bonds. The second kappa shape index (κ2) is 8.68. The molecule has 0 unspecified atom stereocenters. The van der Waals surface area contributed by atoms with Gasteiger partial charge in [0.1, 0.15) is 13.1 Å². The lowest BCUT2D eigenvalue weighted by Gasteiger charge is -2.19. The van der Waals surface area contributed by atoms with Crippen molar-refractivity contribution in [3.8, 4) is 0 Å². The lowest BCUT2D eigenvalue weighted by atomic mass is 9.87. The van der Waals surface area contributed by atoms with E-state index < -0.39 is 43.7 Å². The Morgan fingerprint density at radius 3 is 2.08 bits per heavy atom. The summed E-state index contributed by atoms with van der Waals surface area (Å²) in [7, 11) is 0. The second-order valence-electron chi connectivity index (χ2n) is 6.56. The molecule has 0 fully saturated rings. The largest absolute Gasteiger partial charge is 0.454 e. The molecule has 0 aliphatic heterocycles. The van der Waals surface area contributed by atoms with E-state index >= 15 is 0 Å².